The van der Waals surface area contributed by atoms with Crippen LogP contribution < -0.4 is 10.6 Å². The van der Waals surface area contributed by atoms with Crippen molar-refractivity contribution in [2.24, 2.45) is 0 Å². The molecule has 0 saturated carbocycles. The van der Waals surface area contributed by atoms with Crippen molar-refractivity contribution in [3.05, 3.63) is 59.7 Å². The highest BCUT2D eigenvalue weighted by molar-refractivity contribution is 6.43. The van der Waals surface area contributed by atoms with E-state index in [0.29, 0.717) is 17.3 Å². The van der Waals surface area contributed by atoms with Crippen molar-refractivity contribution < 1.29 is 9.59 Å². The minimum atomic E-state index is -0.668. The highest BCUT2D eigenvalue weighted by atomic mass is 16.2. The number of aryl methyl sites for hydroxylation is 1. The summed E-state index contributed by atoms with van der Waals surface area (Å²) in [7, 11) is 0. The number of amides is 2. The van der Waals surface area contributed by atoms with E-state index in [0.717, 1.165) is 17.5 Å². The Hall–Kier alpha value is -2.62. The van der Waals surface area contributed by atoms with Crippen molar-refractivity contribution in [3.8, 4) is 0 Å². The van der Waals surface area contributed by atoms with Gasteiger partial charge in [-0.2, -0.15) is 0 Å². The largest absolute Gasteiger partial charge is 0.318 e. The van der Waals surface area contributed by atoms with Crippen LogP contribution in [0.3, 0.4) is 0 Å². The zero-order valence-electron chi connectivity index (χ0n) is 13.7. The minimum absolute atomic E-state index is 0.311. The maximum absolute atomic E-state index is 12.2. The molecule has 4 nitrogen and oxygen atoms in total. The first-order valence-corrected chi connectivity index (χ1v) is 7.79. The van der Waals surface area contributed by atoms with Crippen molar-refractivity contribution in [1.29, 1.82) is 0 Å². The normalized spacial score (nSPS) is 11.6. The Balaban J connectivity index is 2.10. The number of hydrogen-bond donors (Lipinski definition) is 2. The van der Waals surface area contributed by atoms with E-state index in [9.17, 15) is 9.59 Å². The molecule has 2 aromatic carbocycles. The lowest BCUT2D eigenvalue weighted by molar-refractivity contribution is -0.133. The molecular formula is C19H22N2O2. The molecule has 0 heterocycles. The number of hydrogen-bond acceptors (Lipinski definition) is 2. The fourth-order valence-corrected chi connectivity index (χ4v) is 2.33. The van der Waals surface area contributed by atoms with Gasteiger partial charge in [-0.1, -0.05) is 50.2 Å². The first-order chi connectivity index (χ1) is 11.0. The van der Waals surface area contributed by atoms with Crippen molar-refractivity contribution in [1.82, 2.24) is 0 Å². The Kier molecular flexibility index (Phi) is 5.52. The molecule has 0 aromatic heterocycles. The molecule has 2 aromatic rings. The molecule has 0 saturated heterocycles. The van der Waals surface area contributed by atoms with Gasteiger partial charge in [-0.3, -0.25) is 9.59 Å². The molecule has 4 heteroatoms. The van der Waals surface area contributed by atoms with Gasteiger partial charge in [-0.15, -0.1) is 0 Å². The topological polar surface area (TPSA) is 58.2 Å². The summed E-state index contributed by atoms with van der Waals surface area (Å²) in [6.07, 6.45) is 0.961. The van der Waals surface area contributed by atoms with E-state index >= 15 is 0 Å². The summed E-state index contributed by atoms with van der Waals surface area (Å²) in [5.74, 6) is -1.02. The predicted octanol–water partition coefficient (Wildman–Crippen LogP) is 4.09. The molecule has 0 aliphatic rings. The second kappa shape index (κ2) is 7.58. The highest BCUT2D eigenvalue weighted by Crippen LogP contribution is 2.26. The number of benzene rings is 2. The molecule has 0 aliphatic carbocycles. The average Bonchev–Trinajstić information content (AvgIpc) is 2.56. The molecular weight excluding hydrogens is 288 g/mol. The Morgan fingerprint density at radius 1 is 0.913 bits per heavy atom. The molecule has 2 N–H and O–H groups in total. The van der Waals surface area contributed by atoms with Gasteiger partial charge in [-0.25, -0.2) is 0 Å². The number of carbonyl (C=O) groups is 2. The third kappa shape index (κ3) is 4.19. The van der Waals surface area contributed by atoms with Crippen LogP contribution in [0.2, 0.25) is 0 Å². The zero-order chi connectivity index (χ0) is 16.8. The number of rotatable bonds is 4. The van der Waals surface area contributed by atoms with Crippen LogP contribution >= 0.6 is 0 Å². The smallest absolute Gasteiger partial charge is 0.314 e. The van der Waals surface area contributed by atoms with Crippen LogP contribution in [0.1, 0.15) is 37.3 Å². The molecule has 0 fully saturated rings. The lowest BCUT2D eigenvalue weighted by atomic mass is 9.97. The average molecular weight is 310 g/mol. The van der Waals surface area contributed by atoms with E-state index in [-0.39, 0.29) is 0 Å². The van der Waals surface area contributed by atoms with Crippen molar-refractivity contribution in [2.75, 3.05) is 10.6 Å². The Morgan fingerprint density at radius 2 is 1.43 bits per heavy atom. The number of anilines is 2. The molecule has 0 spiro atoms. The van der Waals surface area contributed by atoms with Crippen LogP contribution in [0, 0.1) is 6.92 Å². The maximum Gasteiger partial charge on any atom is 0.314 e. The number of carbonyl (C=O) groups excluding carboxylic acids is 2. The summed E-state index contributed by atoms with van der Waals surface area (Å²) in [6.45, 7) is 6.07. The molecule has 0 radical (unpaired) electrons. The predicted molar refractivity (Wildman–Crippen MR) is 93.6 cm³/mol. The third-order valence-electron chi connectivity index (χ3n) is 3.95. The molecule has 0 aliphatic heterocycles. The van der Waals surface area contributed by atoms with Gasteiger partial charge in [0, 0.05) is 11.4 Å². The van der Waals surface area contributed by atoms with Crippen LogP contribution in [0.5, 0.6) is 0 Å². The second-order valence-electron chi connectivity index (χ2n) is 5.62. The van der Waals surface area contributed by atoms with Crippen molar-refractivity contribution >= 4 is 23.2 Å². The molecule has 0 bridgehead atoms. The maximum atomic E-state index is 12.2. The lowest BCUT2D eigenvalue weighted by Crippen LogP contribution is -2.29. The third-order valence-corrected chi connectivity index (χ3v) is 3.95. The van der Waals surface area contributed by atoms with Crippen LogP contribution in [0.25, 0.3) is 0 Å². The van der Waals surface area contributed by atoms with Crippen LogP contribution in [-0.2, 0) is 9.59 Å². The summed E-state index contributed by atoms with van der Waals surface area (Å²) >= 11 is 0. The van der Waals surface area contributed by atoms with E-state index in [4.69, 9.17) is 0 Å². The number of para-hydroxylation sites is 2. The fourth-order valence-electron chi connectivity index (χ4n) is 2.33. The van der Waals surface area contributed by atoms with E-state index in [2.05, 4.69) is 24.5 Å². The van der Waals surface area contributed by atoms with Crippen LogP contribution in [-0.4, -0.2) is 11.8 Å². The lowest BCUT2D eigenvalue weighted by Gasteiger charge is -2.15. The molecule has 1 atom stereocenters. The summed E-state index contributed by atoms with van der Waals surface area (Å²) in [4.78, 5) is 24.3. The van der Waals surface area contributed by atoms with Gasteiger partial charge in [0.2, 0.25) is 0 Å². The quantitative estimate of drug-likeness (QED) is 0.836. The Morgan fingerprint density at radius 3 is 2.04 bits per heavy atom. The molecule has 2 amide bonds. The second-order valence-corrected chi connectivity index (χ2v) is 5.62. The summed E-state index contributed by atoms with van der Waals surface area (Å²) < 4.78 is 0. The monoisotopic (exact) mass is 310 g/mol. The van der Waals surface area contributed by atoms with E-state index < -0.39 is 11.8 Å². The number of nitrogens with one attached hydrogen (secondary N) is 2. The van der Waals surface area contributed by atoms with Crippen LogP contribution in [0.4, 0.5) is 11.4 Å². The van der Waals surface area contributed by atoms with Crippen molar-refractivity contribution in [3.63, 3.8) is 0 Å². The van der Waals surface area contributed by atoms with Gasteiger partial charge >= 0.3 is 11.8 Å². The van der Waals surface area contributed by atoms with Crippen molar-refractivity contribution in [2.45, 2.75) is 33.1 Å². The zero-order valence-corrected chi connectivity index (χ0v) is 13.7. The Labute approximate surface area is 136 Å². The Bertz CT molecular complexity index is 710. The van der Waals surface area contributed by atoms with E-state index in [1.165, 1.54) is 0 Å². The molecule has 23 heavy (non-hydrogen) atoms. The standard InChI is InChI=1S/C19H22N2O2/c1-4-13(2)15-10-6-8-12-17(15)21-19(23)18(22)20-16-11-7-5-9-14(16)3/h5-13H,4H2,1-3H3,(H,20,22)(H,21,23). The van der Waals surface area contributed by atoms with Crippen LogP contribution in [0.15, 0.2) is 48.5 Å². The van der Waals surface area contributed by atoms with E-state index in [1.807, 2.05) is 49.4 Å². The molecule has 1 unspecified atom stereocenters. The summed E-state index contributed by atoms with van der Waals surface area (Å²) in [5, 5.41) is 5.36. The first-order valence-electron chi connectivity index (χ1n) is 7.79. The van der Waals surface area contributed by atoms with Gasteiger partial charge in [0.25, 0.3) is 0 Å². The molecule has 120 valence electrons. The summed E-state index contributed by atoms with van der Waals surface area (Å²) in [5.41, 5.74) is 3.27. The SMILES string of the molecule is CCC(C)c1ccccc1NC(=O)C(=O)Nc1ccccc1C. The fraction of sp³-hybridized carbons (Fsp3) is 0.263. The minimum Gasteiger partial charge on any atom is -0.318 e. The van der Waals surface area contributed by atoms with Gasteiger partial charge < -0.3 is 10.6 Å². The summed E-state index contributed by atoms with van der Waals surface area (Å²) in [6, 6.07) is 14.9. The molecule has 2 rings (SSSR count). The van der Waals surface area contributed by atoms with Gasteiger partial charge in [0.15, 0.2) is 0 Å². The van der Waals surface area contributed by atoms with E-state index in [1.54, 1.807) is 6.07 Å². The van der Waals surface area contributed by atoms with Gasteiger partial charge in [-0.05, 0) is 42.5 Å². The van der Waals surface area contributed by atoms with Gasteiger partial charge in [0.1, 0.15) is 0 Å². The first kappa shape index (κ1) is 16.7. The van der Waals surface area contributed by atoms with Gasteiger partial charge in [0.05, 0.1) is 0 Å². The highest BCUT2D eigenvalue weighted by Gasteiger charge is 2.17.